The monoisotopic (exact) mass is 186 g/mol. The number of hydrogen-bond donors (Lipinski definition) is 2. The normalized spacial score (nSPS) is 24.9. The molecule has 1 aliphatic heterocycles. The lowest BCUT2D eigenvalue weighted by atomic mass is 10.0. The van der Waals surface area contributed by atoms with Gasteiger partial charge in [0.1, 0.15) is 0 Å². The Labute approximate surface area is 81.0 Å². The summed E-state index contributed by atoms with van der Waals surface area (Å²) in [6.45, 7) is 3.13. The van der Waals surface area contributed by atoms with E-state index in [4.69, 9.17) is 10.6 Å². The second-order valence-electron chi connectivity index (χ2n) is 3.84. The molecule has 1 fully saturated rings. The second-order valence-corrected chi connectivity index (χ2v) is 3.84. The van der Waals surface area contributed by atoms with E-state index in [1.807, 2.05) is 0 Å². The Kier molecular flexibility index (Phi) is 5.35. The summed E-state index contributed by atoms with van der Waals surface area (Å²) in [6, 6.07) is 0.487. The average molecular weight is 186 g/mol. The molecular weight excluding hydrogens is 164 g/mol. The zero-order chi connectivity index (χ0) is 9.52. The van der Waals surface area contributed by atoms with E-state index in [1.54, 1.807) is 0 Å². The molecule has 0 aromatic rings. The molecule has 0 aromatic heterocycles. The number of nitrogens with two attached hydrogens (primary N) is 1. The lowest BCUT2D eigenvalue weighted by Gasteiger charge is -2.14. The van der Waals surface area contributed by atoms with Gasteiger partial charge >= 0.3 is 0 Å². The Balaban J connectivity index is 1.98. The molecule has 0 saturated carbocycles. The maximum atomic E-state index is 5.55. The number of rotatable bonds is 6. The SMILES string of the molecule is CCC(CCCC1CCCO1)NN. The molecule has 3 nitrogen and oxygen atoms in total. The summed E-state index contributed by atoms with van der Waals surface area (Å²) >= 11 is 0. The van der Waals surface area contributed by atoms with E-state index < -0.39 is 0 Å². The first-order valence-electron chi connectivity index (χ1n) is 5.44. The van der Waals surface area contributed by atoms with Gasteiger partial charge in [-0.1, -0.05) is 6.92 Å². The van der Waals surface area contributed by atoms with Crippen molar-refractivity contribution in [2.24, 2.45) is 5.84 Å². The van der Waals surface area contributed by atoms with Crippen LogP contribution >= 0.6 is 0 Å². The van der Waals surface area contributed by atoms with Gasteiger partial charge in [0.2, 0.25) is 0 Å². The third-order valence-corrected chi connectivity index (χ3v) is 2.83. The highest BCUT2D eigenvalue weighted by Crippen LogP contribution is 2.18. The summed E-state index contributed by atoms with van der Waals surface area (Å²) in [7, 11) is 0. The smallest absolute Gasteiger partial charge is 0.0576 e. The van der Waals surface area contributed by atoms with Crippen LogP contribution in [0.5, 0.6) is 0 Å². The third kappa shape index (κ3) is 4.07. The molecule has 2 unspecified atom stereocenters. The molecule has 1 rings (SSSR count). The van der Waals surface area contributed by atoms with Crippen molar-refractivity contribution in [3.8, 4) is 0 Å². The quantitative estimate of drug-likeness (QED) is 0.489. The molecule has 3 heteroatoms. The van der Waals surface area contributed by atoms with Gasteiger partial charge in [0.25, 0.3) is 0 Å². The molecule has 13 heavy (non-hydrogen) atoms. The molecule has 0 spiro atoms. The van der Waals surface area contributed by atoms with Crippen molar-refractivity contribution < 1.29 is 4.74 Å². The van der Waals surface area contributed by atoms with Gasteiger partial charge in [0.15, 0.2) is 0 Å². The Morgan fingerprint density at radius 2 is 2.46 bits per heavy atom. The molecule has 1 saturated heterocycles. The van der Waals surface area contributed by atoms with E-state index in [0.717, 1.165) is 13.0 Å². The van der Waals surface area contributed by atoms with Crippen LogP contribution in [0, 0.1) is 0 Å². The van der Waals surface area contributed by atoms with Crippen molar-refractivity contribution in [2.75, 3.05) is 6.61 Å². The van der Waals surface area contributed by atoms with E-state index in [1.165, 1.54) is 32.1 Å². The van der Waals surface area contributed by atoms with Crippen LogP contribution in [0.4, 0.5) is 0 Å². The van der Waals surface area contributed by atoms with Crippen LogP contribution in [0.3, 0.4) is 0 Å². The van der Waals surface area contributed by atoms with E-state index in [0.29, 0.717) is 12.1 Å². The minimum atomic E-state index is 0.487. The molecule has 78 valence electrons. The summed E-state index contributed by atoms with van der Waals surface area (Å²) in [6.07, 6.45) is 7.76. The summed E-state index contributed by atoms with van der Waals surface area (Å²) < 4.78 is 5.55. The van der Waals surface area contributed by atoms with Gasteiger partial charge in [0, 0.05) is 12.6 Å². The first-order valence-corrected chi connectivity index (χ1v) is 5.44. The van der Waals surface area contributed by atoms with Crippen molar-refractivity contribution in [1.29, 1.82) is 0 Å². The number of hydrazine groups is 1. The van der Waals surface area contributed by atoms with Crippen LogP contribution in [0.15, 0.2) is 0 Å². The molecule has 0 bridgehead atoms. The van der Waals surface area contributed by atoms with Crippen molar-refractivity contribution >= 4 is 0 Å². The van der Waals surface area contributed by atoms with Gasteiger partial charge in [0.05, 0.1) is 6.10 Å². The van der Waals surface area contributed by atoms with Crippen molar-refractivity contribution in [1.82, 2.24) is 5.43 Å². The standard InChI is InChI=1S/C10H22N2O/c1-2-9(12-11)5-3-6-10-7-4-8-13-10/h9-10,12H,2-8,11H2,1H3. The molecule has 3 N–H and O–H groups in total. The summed E-state index contributed by atoms with van der Waals surface area (Å²) in [5.41, 5.74) is 2.84. The summed E-state index contributed by atoms with van der Waals surface area (Å²) in [5.74, 6) is 5.40. The van der Waals surface area contributed by atoms with Gasteiger partial charge < -0.3 is 4.74 Å². The molecule has 1 heterocycles. The topological polar surface area (TPSA) is 47.3 Å². The first kappa shape index (κ1) is 11.0. The minimum absolute atomic E-state index is 0.487. The summed E-state index contributed by atoms with van der Waals surface area (Å²) in [4.78, 5) is 0. The fourth-order valence-corrected chi connectivity index (χ4v) is 1.87. The summed E-state index contributed by atoms with van der Waals surface area (Å²) in [5, 5.41) is 0. The van der Waals surface area contributed by atoms with Gasteiger partial charge in [-0.3, -0.25) is 11.3 Å². The zero-order valence-electron chi connectivity index (χ0n) is 8.59. The molecule has 2 atom stereocenters. The van der Waals surface area contributed by atoms with Crippen molar-refractivity contribution in [3.05, 3.63) is 0 Å². The van der Waals surface area contributed by atoms with E-state index in [9.17, 15) is 0 Å². The molecular formula is C10H22N2O. The minimum Gasteiger partial charge on any atom is -0.378 e. The average Bonchev–Trinajstić information content (AvgIpc) is 2.65. The van der Waals surface area contributed by atoms with Crippen LogP contribution in [0.1, 0.15) is 45.4 Å². The highest BCUT2D eigenvalue weighted by atomic mass is 16.5. The third-order valence-electron chi connectivity index (χ3n) is 2.83. The zero-order valence-corrected chi connectivity index (χ0v) is 8.59. The molecule has 0 aromatic carbocycles. The van der Waals surface area contributed by atoms with Crippen molar-refractivity contribution in [2.45, 2.75) is 57.6 Å². The van der Waals surface area contributed by atoms with E-state index in [2.05, 4.69) is 12.3 Å². The lowest BCUT2D eigenvalue weighted by Crippen LogP contribution is -2.34. The Hall–Kier alpha value is -0.120. The largest absolute Gasteiger partial charge is 0.378 e. The maximum absolute atomic E-state index is 5.55. The van der Waals surface area contributed by atoms with Crippen LogP contribution in [0.2, 0.25) is 0 Å². The second kappa shape index (κ2) is 6.35. The van der Waals surface area contributed by atoms with E-state index in [-0.39, 0.29) is 0 Å². The van der Waals surface area contributed by atoms with Crippen LogP contribution < -0.4 is 11.3 Å². The predicted molar refractivity (Wildman–Crippen MR) is 54.2 cm³/mol. The lowest BCUT2D eigenvalue weighted by molar-refractivity contribution is 0.101. The maximum Gasteiger partial charge on any atom is 0.0576 e. The molecule has 0 amide bonds. The van der Waals surface area contributed by atoms with Crippen molar-refractivity contribution in [3.63, 3.8) is 0 Å². The first-order chi connectivity index (χ1) is 6.36. The van der Waals surface area contributed by atoms with Gasteiger partial charge in [-0.15, -0.1) is 0 Å². The Morgan fingerprint density at radius 3 is 3.00 bits per heavy atom. The molecule has 1 aliphatic rings. The van der Waals surface area contributed by atoms with E-state index >= 15 is 0 Å². The molecule has 0 aliphatic carbocycles. The van der Waals surface area contributed by atoms with Gasteiger partial charge in [-0.05, 0) is 38.5 Å². The Morgan fingerprint density at radius 1 is 1.62 bits per heavy atom. The number of nitrogens with one attached hydrogen (secondary N) is 1. The van der Waals surface area contributed by atoms with Crippen LogP contribution in [-0.4, -0.2) is 18.8 Å². The van der Waals surface area contributed by atoms with Crippen LogP contribution in [0.25, 0.3) is 0 Å². The highest BCUT2D eigenvalue weighted by Gasteiger charge is 2.15. The van der Waals surface area contributed by atoms with Gasteiger partial charge in [-0.2, -0.15) is 0 Å². The Bertz CT molecular complexity index is 118. The fourth-order valence-electron chi connectivity index (χ4n) is 1.87. The fraction of sp³-hybridized carbons (Fsp3) is 1.00. The van der Waals surface area contributed by atoms with Crippen LogP contribution in [-0.2, 0) is 4.74 Å². The van der Waals surface area contributed by atoms with Gasteiger partial charge in [-0.25, -0.2) is 0 Å². The highest BCUT2D eigenvalue weighted by molar-refractivity contribution is 4.67. The number of ether oxygens (including phenoxy) is 1. The molecule has 0 radical (unpaired) electrons. The predicted octanol–water partition coefficient (Wildman–Crippen LogP) is 1.58. The number of hydrogen-bond acceptors (Lipinski definition) is 3.